The molecule has 2 N–H and O–H groups in total. The number of ether oxygens (including phenoxy) is 2. The number of anilines is 1. The van der Waals surface area contributed by atoms with Crippen LogP contribution in [0.1, 0.15) is 54.6 Å². The molecule has 1 aromatic carbocycles. The Kier molecular flexibility index (Phi) is 5.09. The van der Waals surface area contributed by atoms with E-state index in [2.05, 4.69) is 15.5 Å². The quantitative estimate of drug-likeness (QED) is 0.871. The van der Waals surface area contributed by atoms with Gasteiger partial charge in [-0.1, -0.05) is 32.1 Å². The second-order valence-corrected chi connectivity index (χ2v) is 7.15. The largest absolute Gasteiger partial charge is 0.490 e. The number of aromatic nitrogens is 2. The summed E-state index contributed by atoms with van der Waals surface area (Å²) >= 11 is 0. The van der Waals surface area contributed by atoms with Gasteiger partial charge in [0.25, 0.3) is 5.91 Å². The molecule has 0 unspecified atom stereocenters. The lowest BCUT2D eigenvalue weighted by molar-refractivity contribution is 0.102. The van der Waals surface area contributed by atoms with Gasteiger partial charge in [0, 0.05) is 23.7 Å². The van der Waals surface area contributed by atoms with E-state index < -0.39 is 0 Å². The molecule has 0 saturated heterocycles. The maximum absolute atomic E-state index is 12.5. The molecule has 1 aliphatic carbocycles. The van der Waals surface area contributed by atoms with Crippen LogP contribution in [0.4, 0.5) is 5.82 Å². The van der Waals surface area contributed by atoms with Crippen LogP contribution in [0.3, 0.4) is 0 Å². The second-order valence-electron chi connectivity index (χ2n) is 7.15. The first kappa shape index (κ1) is 16.9. The normalized spacial score (nSPS) is 17.5. The van der Waals surface area contributed by atoms with Crippen molar-refractivity contribution in [3.63, 3.8) is 0 Å². The molecule has 0 radical (unpaired) electrons. The highest BCUT2D eigenvalue weighted by atomic mass is 16.5. The summed E-state index contributed by atoms with van der Waals surface area (Å²) in [6.07, 6.45) is 8.44. The number of aromatic amines is 1. The zero-order chi connectivity index (χ0) is 17.8. The van der Waals surface area contributed by atoms with Crippen molar-refractivity contribution < 1.29 is 14.3 Å². The average molecular weight is 355 g/mol. The first-order valence-corrected chi connectivity index (χ1v) is 9.53. The van der Waals surface area contributed by atoms with E-state index in [9.17, 15) is 4.79 Å². The molecule has 1 saturated carbocycles. The first-order chi connectivity index (χ1) is 12.8. The SMILES string of the molecule is O=C(Nc1cc(CC2CCCCC2)[nH]n1)c1ccc2c(c1)OCCCO2. The molecule has 1 amide bonds. The highest BCUT2D eigenvalue weighted by molar-refractivity contribution is 6.04. The highest BCUT2D eigenvalue weighted by Crippen LogP contribution is 2.31. The predicted octanol–water partition coefficient (Wildman–Crippen LogP) is 3.95. The lowest BCUT2D eigenvalue weighted by Gasteiger charge is -2.20. The van der Waals surface area contributed by atoms with Crippen LogP contribution in [0.5, 0.6) is 11.5 Å². The van der Waals surface area contributed by atoms with Gasteiger partial charge in [0.05, 0.1) is 13.2 Å². The molecule has 26 heavy (non-hydrogen) atoms. The summed E-state index contributed by atoms with van der Waals surface area (Å²) in [5.41, 5.74) is 1.62. The molecule has 0 spiro atoms. The number of amides is 1. The average Bonchev–Trinajstić information content (AvgIpc) is 2.96. The van der Waals surface area contributed by atoms with Crippen molar-refractivity contribution in [1.29, 1.82) is 0 Å². The van der Waals surface area contributed by atoms with E-state index in [0.717, 1.165) is 24.5 Å². The third kappa shape index (κ3) is 4.00. The maximum Gasteiger partial charge on any atom is 0.257 e. The van der Waals surface area contributed by atoms with Gasteiger partial charge in [-0.25, -0.2) is 0 Å². The number of carbonyl (C=O) groups is 1. The van der Waals surface area contributed by atoms with Crippen LogP contribution in [0.2, 0.25) is 0 Å². The van der Waals surface area contributed by atoms with E-state index in [1.54, 1.807) is 18.2 Å². The van der Waals surface area contributed by atoms with Gasteiger partial charge in [0.1, 0.15) is 0 Å². The summed E-state index contributed by atoms with van der Waals surface area (Å²) in [7, 11) is 0. The van der Waals surface area contributed by atoms with Crippen LogP contribution in [0.15, 0.2) is 24.3 Å². The van der Waals surface area contributed by atoms with Crippen molar-refractivity contribution in [2.45, 2.75) is 44.9 Å². The summed E-state index contributed by atoms with van der Waals surface area (Å²) in [6.45, 7) is 1.23. The first-order valence-electron chi connectivity index (χ1n) is 9.53. The molecule has 2 aliphatic rings. The number of nitrogens with zero attached hydrogens (tertiary/aromatic N) is 1. The summed E-state index contributed by atoms with van der Waals surface area (Å²) in [6, 6.07) is 7.20. The number of carbonyl (C=O) groups excluding carboxylic acids is 1. The molecule has 0 atom stereocenters. The fraction of sp³-hybridized carbons (Fsp3) is 0.500. The Morgan fingerprint density at radius 2 is 1.88 bits per heavy atom. The Labute approximate surface area is 153 Å². The number of H-pyrrole nitrogens is 1. The smallest absolute Gasteiger partial charge is 0.257 e. The molecule has 1 fully saturated rings. The molecule has 1 aliphatic heterocycles. The molecule has 2 heterocycles. The van der Waals surface area contributed by atoms with Crippen LogP contribution < -0.4 is 14.8 Å². The Hall–Kier alpha value is -2.50. The van der Waals surface area contributed by atoms with Crippen LogP contribution in [0.25, 0.3) is 0 Å². The molecule has 4 rings (SSSR count). The molecular weight excluding hydrogens is 330 g/mol. The standard InChI is InChI=1S/C20H25N3O3/c24-20(15-7-8-17-18(12-15)26-10-4-9-25-17)21-19-13-16(22-23-19)11-14-5-2-1-3-6-14/h7-8,12-14H,1-6,9-11H2,(H2,21,22,23,24). The summed E-state index contributed by atoms with van der Waals surface area (Å²) < 4.78 is 11.3. The number of benzene rings is 1. The van der Waals surface area contributed by atoms with E-state index in [-0.39, 0.29) is 5.91 Å². The van der Waals surface area contributed by atoms with Gasteiger partial charge in [-0.3, -0.25) is 9.89 Å². The Morgan fingerprint density at radius 3 is 2.73 bits per heavy atom. The number of nitrogens with one attached hydrogen (secondary N) is 2. The van der Waals surface area contributed by atoms with E-state index in [0.29, 0.717) is 36.1 Å². The fourth-order valence-corrected chi connectivity index (χ4v) is 3.73. The molecule has 2 aromatic rings. The Balaban J connectivity index is 1.39. The van der Waals surface area contributed by atoms with E-state index in [1.165, 1.54) is 32.1 Å². The lowest BCUT2D eigenvalue weighted by atomic mass is 9.86. The summed E-state index contributed by atoms with van der Waals surface area (Å²) in [5, 5.41) is 10.2. The number of rotatable bonds is 4. The summed E-state index contributed by atoms with van der Waals surface area (Å²) in [4.78, 5) is 12.5. The van der Waals surface area contributed by atoms with Gasteiger partial charge in [-0.15, -0.1) is 0 Å². The molecule has 6 heteroatoms. The number of hydrogen-bond donors (Lipinski definition) is 2. The molecule has 1 aromatic heterocycles. The maximum atomic E-state index is 12.5. The molecular formula is C20H25N3O3. The third-order valence-electron chi connectivity index (χ3n) is 5.12. The number of hydrogen-bond acceptors (Lipinski definition) is 4. The molecule has 0 bridgehead atoms. The van der Waals surface area contributed by atoms with Gasteiger partial charge < -0.3 is 14.8 Å². The van der Waals surface area contributed by atoms with E-state index >= 15 is 0 Å². The summed E-state index contributed by atoms with van der Waals surface area (Å²) in [5.74, 6) is 2.41. The topological polar surface area (TPSA) is 76.2 Å². The van der Waals surface area contributed by atoms with Crippen LogP contribution >= 0.6 is 0 Å². The van der Waals surface area contributed by atoms with Crippen molar-refractivity contribution in [3.8, 4) is 11.5 Å². The lowest BCUT2D eigenvalue weighted by Crippen LogP contribution is -2.12. The van der Waals surface area contributed by atoms with Crippen LogP contribution in [-0.4, -0.2) is 29.3 Å². The zero-order valence-corrected chi connectivity index (χ0v) is 14.9. The minimum Gasteiger partial charge on any atom is -0.490 e. The zero-order valence-electron chi connectivity index (χ0n) is 14.9. The van der Waals surface area contributed by atoms with Gasteiger partial charge in [-0.05, 0) is 30.5 Å². The van der Waals surface area contributed by atoms with Crippen LogP contribution in [0, 0.1) is 5.92 Å². The van der Waals surface area contributed by atoms with Crippen LogP contribution in [-0.2, 0) is 6.42 Å². The third-order valence-corrected chi connectivity index (χ3v) is 5.12. The van der Waals surface area contributed by atoms with Crippen molar-refractivity contribution in [2.75, 3.05) is 18.5 Å². The fourth-order valence-electron chi connectivity index (χ4n) is 3.73. The monoisotopic (exact) mass is 355 g/mol. The van der Waals surface area contributed by atoms with Gasteiger partial charge >= 0.3 is 0 Å². The Morgan fingerprint density at radius 1 is 1.08 bits per heavy atom. The van der Waals surface area contributed by atoms with Crippen molar-refractivity contribution in [2.24, 2.45) is 5.92 Å². The minimum atomic E-state index is -0.198. The minimum absolute atomic E-state index is 0.198. The van der Waals surface area contributed by atoms with Gasteiger partial charge in [-0.2, -0.15) is 5.10 Å². The molecule has 138 valence electrons. The van der Waals surface area contributed by atoms with Gasteiger partial charge in [0.2, 0.25) is 0 Å². The van der Waals surface area contributed by atoms with Gasteiger partial charge in [0.15, 0.2) is 17.3 Å². The van der Waals surface area contributed by atoms with E-state index in [4.69, 9.17) is 9.47 Å². The van der Waals surface area contributed by atoms with Crippen molar-refractivity contribution >= 4 is 11.7 Å². The number of fused-ring (bicyclic) bond motifs is 1. The molecule has 6 nitrogen and oxygen atoms in total. The highest BCUT2D eigenvalue weighted by Gasteiger charge is 2.17. The second kappa shape index (κ2) is 7.81. The predicted molar refractivity (Wildman–Crippen MR) is 98.9 cm³/mol. The van der Waals surface area contributed by atoms with Crippen molar-refractivity contribution in [3.05, 3.63) is 35.5 Å². The van der Waals surface area contributed by atoms with E-state index in [1.807, 2.05) is 6.07 Å². The van der Waals surface area contributed by atoms with Crippen molar-refractivity contribution in [1.82, 2.24) is 10.2 Å². The Bertz CT molecular complexity index is 765.